The van der Waals surface area contributed by atoms with E-state index >= 15 is 0 Å². The SMILES string of the molecule is COc1cc(CN)cc(Br)c1OCc1ccc(Cl)cc1Cl. The Kier molecular flexibility index (Phi) is 5.76. The number of ether oxygens (including phenoxy) is 2. The molecule has 112 valence electrons. The Balaban J connectivity index is 2.23. The van der Waals surface area contributed by atoms with Gasteiger partial charge < -0.3 is 15.2 Å². The summed E-state index contributed by atoms with van der Waals surface area (Å²) in [6.45, 7) is 0.741. The molecule has 0 heterocycles. The highest BCUT2D eigenvalue weighted by atomic mass is 79.9. The van der Waals surface area contributed by atoms with Gasteiger partial charge in [-0.2, -0.15) is 0 Å². The standard InChI is InChI=1S/C15H14BrCl2NO2/c1-20-14-5-9(7-19)4-12(16)15(14)21-8-10-2-3-11(17)6-13(10)18/h2-6H,7-8,19H2,1H3. The number of hydrogen-bond acceptors (Lipinski definition) is 3. The van der Waals surface area contributed by atoms with Crippen molar-refractivity contribution in [2.75, 3.05) is 7.11 Å². The molecular weight excluding hydrogens is 377 g/mol. The molecule has 0 radical (unpaired) electrons. The van der Waals surface area contributed by atoms with Crippen molar-refractivity contribution < 1.29 is 9.47 Å². The van der Waals surface area contributed by atoms with Crippen LogP contribution in [0.15, 0.2) is 34.8 Å². The van der Waals surface area contributed by atoms with Gasteiger partial charge in [0.1, 0.15) is 6.61 Å². The van der Waals surface area contributed by atoms with E-state index in [1.807, 2.05) is 18.2 Å². The lowest BCUT2D eigenvalue weighted by Crippen LogP contribution is -2.02. The predicted molar refractivity (Wildman–Crippen MR) is 89.4 cm³/mol. The summed E-state index contributed by atoms with van der Waals surface area (Å²) in [5, 5.41) is 1.16. The molecule has 0 aromatic heterocycles. The van der Waals surface area contributed by atoms with E-state index in [1.165, 1.54) is 0 Å². The van der Waals surface area contributed by atoms with Gasteiger partial charge in [-0.05, 0) is 45.8 Å². The van der Waals surface area contributed by atoms with Gasteiger partial charge in [-0.1, -0.05) is 29.3 Å². The van der Waals surface area contributed by atoms with Crippen molar-refractivity contribution in [3.05, 3.63) is 56.0 Å². The van der Waals surface area contributed by atoms with Gasteiger partial charge in [0.15, 0.2) is 11.5 Å². The molecular formula is C15H14BrCl2NO2. The first-order valence-electron chi connectivity index (χ1n) is 6.18. The molecule has 2 aromatic rings. The molecule has 0 atom stereocenters. The molecule has 0 aliphatic heterocycles. The van der Waals surface area contributed by atoms with Crippen LogP contribution in [0.3, 0.4) is 0 Å². The molecule has 2 aromatic carbocycles. The summed E-state index contributed by atoms with van der Waals surface area (Å²) in [4.78, 5) is 0. The van der Waals surface area contributed by atoms with Crippen LogP contribution in [0.2, 0.25) is 10.0 Å². The van der Waals surface area contributed by atoms with E-state index in [0.29, 0.717) is 34.7 Å². The van der Waals surface area contributed by atoms with E-state index < -0.39 is 0 Å². The quantitative estimate of drug-likeness (QED) is 0.797. The first-order valence-corrected chi connectivity index (χ1v) is 7.73. The van der Waals surface area contributed by atoms with Crippen LogP contribution in [0.25, 0.3) is 0 Å². The highest BCUT2D eigenvalue weighted by Crippen LogP contribution is 2.37. The predicted octanol–water partition coefficient (Wildman–Crippen LogP) is 4.80. The Morgan fingerprint density at radius 1 is 1.19 bits per heavy atom. The topological polar surface area (TPSA) is 44.5 Å². The smallest absolute Gasteiger partial charge is 0.175 e. The third-order valence-electron chi connectivity index (χ3n) is 2.91. The summed E-state index contributed by atoms with van der Waals surface area (Å²) in [7, 11) is 1.59. The van der Waals surface area contributed by atoms with Crippen molar-refractivity contribution in [3.63, 3.8) is 0 Å². The lowest BCUT2D eigenvalue weighted by molar-refractivity contribution is 0.282. The average Bonchev–Trinajstić information content (AvgIpc) is 2.46. The lowest BCUT2D eigenvalue weighted by Gasteiger charge is -2.14. The Hall–Kier alpha value is -0.940. The summed E-state index contributed by atoms with van der Waals surface area (Å²) in [6.07, 6.45) is 0. The molecule has 2 rings (SSSR count). The molecule has 21 heavy (non-hydrogen) atoms. The monoisotopic (exact) mass is 389 g/mol. The number of halogens is 3. The van der Waals surface area contributed by atoms with Crippen LogP contribution >= 0.6 is 39.1 Å². The van der Waals surface area contributed by atoms with Gasteiger partial charge in [0.2, 0.25) is 0 Å². The van der Waals surface area contributed by atoms with Crippen LogP contribution in [-0.2, 0) is 13.2 Å². The van der Waals surface area contributed by atoms with E-state index in [2.05, 4.69) is 15.9 Å². The number of hydrogen-bond donors (Lipinski definition) is 1. The van der Waals surface area contributed by atoms with Gasteiger partial charge >= 0.3 is 0 Å². The van der Waals surface area contributed by atoms with Gasteiger partial charge in [-0.15, -0.1) is 0 Å². The Morgan fingerprint density at radius 2 is 1.95 bits per heavy atom. The normalized spacial score (nSPS) is 10.5. The molecule has 3 nitrogen and oxygen atoms in total. The average molecular weight is 391 g/mol. The zero-order chi connectivity index (χ0) is 15.4. The highest BCUT2D eigenvalue weighted by Gasteiger charge is 2.12. The van der Waals surface area contributed by atoms with Gasteiger partial charge in [0.25, 0.3) is 0 Å². The molecule has 6 heteroatoms. The van der Waals surface area contributed by atoms with Gasteiger partial charge in [0, 0.05) is 22.2 Å². The van der Waals surface area contributed by atoms with Gasteiger partial charge in [0.05, 0.1) is 11.6 Å². The molecule has 0 amide bonds. The Labute approximate surface area is 142 Å². The third kappa shape index (κ3) is 4.04. The van der Waals surface area contributed by atoms with Crippen molar-refractivity contribution in [3.8, 4) is 11.5 Å². The Morgan fingerprint density at radius 3 is 2.57 bits per heavy atom. The molecule has 0 aliphatic carbocycles. The van der Waals surface area contributed by atoms with Crippen molar-refractivity contribution in [1.29, 1.82) is 0 Å². The summed E-state index contributed by atoms with van der Waals surface area (Å²) in [5.74, 6) is 1.23. The minimum Gasteiger partial charge on any atom is -0.493 e. The van der Waals surface area contributed by atoms with Gasteiger partial charge in [-0.25, -0.2) is 0 Å². The maximum atomic E-state index is 6.13. The van der Waals surface area contributed by atoms with Crippen LogP contribution in [0, 0.1) is 0 Å². The molecule has 0 saturated heterocycles. The fraction of sp³-hybridized carbons (Fsp3) is 0.200. The van der Waals surface area contributed by atoms with Crippen LogP contribution in [0.5, 0.6) is 11.5 Å². The van der Waals surface area contributed by atoms with Crippen molar-refractivity contribution in [2.24, 2.45) is 5.73 Å². The minimum absolute atomic E-state index is 0.312. The highest BCUT2D eigenvalue weighted by molar-refractivity contribution is 9.10. The van der Waals surface area contributed by atoms with Crippen molar-refractivity contribution in [1.82, 2.24) is 0 Å². The molecule has 0 spiro atoms. The molecule has 0 fully saturated rings. The summed E-state index contributed by atoms with van der Waals surface area (Å²) in [6, 6.07) is 9.05. The summed E-state index contributed by atoms with van der Waals surface area (Å²) in [5.41, 5.74) is 7.44. The molecule has 2 N–H and O–H groups in total. The Bertz CT molecular complexity index is 650. The van der Waals surface area contributed by atoms with Crippen LogP contribution in [0.1, 0.15) is 11.1 Å². The summed E-state index contributed by atoms with van der Waals surface area (Å²) >= 11 is 15.5. The third-order valence-corrected chi connectivity index (χ3v) is 4.09. The minimum atomic E-state index is 0.312. The second-order valence-corrected chi connectivity index (χ2v) is 6.04. The van der Waals surface area contributed by atoms with E-state index in [-0.39, 0.29) is 0 Å². The summed E-state index contributed by atoms with van der Waals surface area (Å²) < 4.78 is 12.0. The maximum Gasteiger partial charge on any atom is 0.175 e. The first kappa shape index (κ1) is 16.4. The maximum absolute atomic E-state index is 6.13. The fourth-order valence-electron chi connectivity index (χ4n) is 1.82. The van der Waals surface area contributed by atoms with Crippen LogP contribution < -0.4 is 15.2 Å². The second kappa shape index (κ2) is 7.36. The van der Waals surface area contributed by atoms with E-state index in [0.717, 1.165) is 15.6 Å². The zero-order valence-corrected chi connectivity index (χ0v) is 14.4. The number of rotatable bonds is 5. The van der Waals surface area contributed by atoms with Gasteiger partial charge in [-0.3, -0.25) is 0 Å². The number of benzene rings is 2. The van der Waals surface area contributed by atoms with E-state index in [9.17, 15) is 0 Å². The number of methoxy groups -OCH3 is 1. The van der Waals surface area contributed by atoms with Crippen LogP contribution in [-0.4, -0.2) is 7.11 Å². The van der Waals surface area contributed by atoms with E-state index in [4.69, 9.17) is 38.4 Å². The largest absolute Gasteiger partial charge is 0.493 e. The fourth-order valence-corrected chi connectivity index (χ4v) is 2.89. The molecule has 0 saturated carbocycles. The first-order chi connectivity index (χ1) is 10.0. The zero-order valence-electron chi connectivity index (χ0n) is 11.3. The van der Waals surface area contributed by atoms with E-state index in [1.54, 1.807) is 19.2 Å². The molecule has 0 unspecified atom stereocenters. The van der Waals surface area contributed by atoms with Crippen molar-refractivity contribution in [2.45, 2.75) is 13.2 Å². The second-order valence-electron chi connectivity index (χ2n) is 4.34. The lowest BCUT2D eigenvalue weighted by atomic mass is 10.2. The number of nitrogens with two attached hydrogens (primary N) is 1. The molecule has 0 bridgehead atoms. The van der Waals surface area contributed by atoms with Crippen molar-refractivity contribution >= 4 is 39.1 Å². The van der Waals surface area contributed by atoms with Crippen LogP contribution in [0.4, 0.5) is 0 Å². The molecule has 0 aliphatic rings.